The zero-order chi connectivity index (χ0) is 19.4. The van der Waals surface area contributed by atoms with Gasteiger partial charge < -0.3 is 9.30 Å². The minimum atomic E-state index is -3.42. The highest BCUT2D eigenvalue weighted by molar-refractivity contribution is 7.79. The summed E-state index contributed by atoms with van der Waals surface area (Å²) in [6.07, 6.45) is -1.10. The highest BCUT2D eigenvalue weighted by Crippen LogP contribution is 2.55. The summed E-state index contributed by atoms with van der Waals surface area (Å²) in [5.74, 6) is -1.04. The molecule has 0 aromatic heterocycles. The van der Waals surface area contributed by atoms with Crippen LogP contribution in [0.1, 0.15) is 20.8 Å². The molecule has 6 nitrogen and oxygen atoms in total. The Balaban J connectivity index is 2.62. The molecule has 0 aliphatic carbocycles. The molecule has 26 heavy (non-hydrogen) atoms. The fourth-order valence-electron chi connectivity index (χ4n) is 2.71. The Bertz CT molecular complexity index is 777. The van der Waals surface area contributed by atoms with Crippen molar-refractivity contribution < 1.29 is 22.9 Å². The third-order valence-electron chi connectivity index (χ3n) is 3.74. The van der Waals surface area contributed by atoms with Crippen LogP contribution in [-0.4, -0.2) is 20.7 Å². The molecule has 2 rings (SSSR count). The first-order valence-corrected chi connectivity index (χ1v) is 10.8. The first-order valence-electron chi connectivity index (χ1n) is 7.95. The van der Waals surface area contributed by atoms with Crippen LogP contribution in [0.2, 0.25) is 0 Å². The van der Waals surface area contributed by atoms with Gasteiger partial charge in [0.15, 0.2) is 13.0 Å². The molecule has 0 saturated heterocycles. The summed E-state index contributed by atoms with van der Waals surface area (Å²) in [7, 11) is -3.42. The normalized spacial score (nSPS) is 14.3. The topological polar surface area (TPSA) is 92.7 Å². The molecule has 8 heteroatoms. The zero-order valence-electron chi connectivity index (χ0n) is 14.8. The van der Waals surface area contributed by atoms with Crippen LogP contribution in [0, 0.1) is 5.41 Å². The number of ether oxygens (including phenoxy) is 1. The summed E-state index contributed by atoms with van der Waals surface area (Å²) in [5.41, 5.74) is -0.699. The molecule has 2 unspecified atom stereocenters. The lowest BCUT2D eigenvalue weighted by Gasteiger charge is -2.36. The Hall–Kier alpha value is -1.95. The van der Waals surface area contributed by atoms with Crippen molar-refractivity contribution in [1.29, 1.82) is 0 Å². The molecule has 0 heterocycles. The second-order valence-electron chi connectivity index (χ2n) is 6.80. The highest BCUT2D eigenvalue weighted by Gasteiger charge is 2.46. The van der Waals surface area contributed by atoms with Crippen LogP contribution in [0.25, 0.3) is 0 Å². The van der Waals surface area contributed by atoms with Gasteiger partial charge in [0, 0.05) is 16.0 Å². The first-order chi connectivity index (χ1) is 12.2. The van der Waals surface area contributed by atoms with E-state index in [0.717, 1.165) is 0 Å². The fourth-order valence-corrected chi connectivity index (χ4v) is 6.31. The van der Waals surface area contributed by atoms with E-state index < -0.39 is 35.8 Å². The maximum absolute atomic E-state index is 14.3. The molecule has 2 N–H and O–H groups in total. The van der Waals surface area contributed by atoms with E-state index in [9.17, 15) is 13.6 Å². The van der Waals surface area contributed by atoms with Gasteiger partial charge in [-0.3, -0.25) is 4.55 Å². The molecule has 0 aliphatic heterocycles. The van der Waals surface area contributed by atoms with E-state index in [0.29, 0.717) is 10.6 Å². The van der Waals surface area contributed by atoms with Gasteiger partial charge in [0.1, 0.15) is 0 Å². The largest absolute Gasteiger partial charge is 0.436 e. The van der Waals surface area contributed by atoms with Gasteiger partial charge in [-0.05, 0) is 0 Å². The number of hydrogen-bond acceptors (Lipinski definition) is 4. The van der Waals surface area contributed by atoms with Gasteiger partial charge in [-0.15, -0.1) is 0 Å². The van der Waals surface area contributed by atoms with E-state index in [4.69, 9.17) is 9.29 Å². The second kappa shape index (κ2) is 8.16. The van der Waals surface area contributed by atoms with Crippen LogP contribution in [0.15, 0.2) is 60.7 Å². The Morgan fingerprint density at radius 3 is 1.81 bits per heavy atom. The number of nitrogens with one attached hydrogen (secondary N) is 1. The molecule has 0 radical (unpaired) electrons. The summed E-state index contributed by atoms with van der Waals surface area (Å²) >= 11 is -2.57. The number of hydrogen-bond donors (Lipinski definition) is 2. The first kappa shape index (κ1) is 20.4. The van der Waals surface area contributed by atoms with Crippen molar-refractivity contribution in [2.75, 3.05) is 0 Å². The van der Waals surface area contributed by atoms with Gasteiger partial charge in [0.2, 0.25) is 0 Å². The molecule has 1 amide bonds. The van der Waals surface area contributed by atoms with Crippen molar-refractivity contribution in [3.63, 3.8) is 0 Å². The third kappa shape index (κ3) is 4.61. The number of amides is 1. The lowest BCUT2D eigenvalue weighted by Crippen LogP contribution is -2.41. The zero-order valence-corrected chi connectivity index (χ0v) is 16.5. The summed E-state index contributed by atoms with van der Waals surface area (Å²) in [6, 6.07) is 17.6. The summed E-state index contributed by atoms with van der Waals surface area (Å²) in [5, 5.41) is 1.09. The van der Waals surface area contributed by atoms with Crippen molar-refractivity contribution in [3.8, 4) is 0 Å². The van der Waals surface area contributed by atoms with Crippen LogP contribution < -0.4 is 15.3 Å². The van der Waals surface area contributed by atoms with E-state index in [2.05, 4.69) is 0 Å². The maximum Gasteiger partial charge on any atom is 0.421 e. The number of carbonyl (C=O) groups is 1. The van der Waals surface area contributed by atoms with Crippen LogP contribution >= 0.6 is 7.14 Å². The summed E-state index contributed by atoms with van der Waals surface area (Å²) < 4.78 is 41.3. The Kier molecular flexibility index (Phi) is 6.39. The highest BCUT2D eigenvalue weighted by atomic mass is 32.2. The molecule has 0 saturated carbocycles. The fraction of sp³-hybridized carbons (Fsp3) is 0.278. The minimum Gasteiger partial charge on any atom is -0.436 e. The van der Waals surface area contributed by atoms with Crippen LogP contribution in [0.4, 0.5) is 4.79 Å². The third-order valence-corrected chi connectivity index (χ3v) is 7.75. The van der Waals surface area contributed by atoms with E-state index in [1.807, 2.05) is 12.1 Å². The molecule has 0 spiro atoms. The molecule has 0 aliphatic rings. The number of benzene rings is 2. The molecular formula is C18H22NO5PS. The molecule has 0 fully saturated rings. The van der Waals surface area contributed by atoms with Crippen molar-refractivity contribution >= 4 is 35.1 Å². The molecule has 2 aromatic carbocycles. The lowest BCUT2D eigenvalue weighted by atomic mass is 9.98. The smallest absolute Gasteiger partial charge is 0.421 e. The Morgan fingerprint density at radius 1 is 1.04 bits per heavy atom. The SMILES string of the molecule is CC(C)(C)C(OC(=O)NS(=O)O)P(=O)(c1ccccc1)c1ccccc1. The average Bonchev–Trinajstić information content (AvgIpc) is 2.59. The van der Waals surface area contributed by atoms with Gasteiger partial charge in [-0.1, -0.05) is 81.4 Å². The molecule has 2 aromatic rings. The molecular weight excluding hydrogens is 373 g/mol. The van der Waals surface area contributed by atoms with E-state index in [1.54, 1.807) is 74.0 Å². The predicted molar refractivity (Wildman–Crippen MR) is 103 cm³/mol. The maximum atomic E-state index is 14.3. The van der Waals surface area contributed by atoms with Gasteiger partial charge in [0.05, 0.1) is 0 Å². The summed E-state index contributed by atoms with van der Waals surface area (Å²) in [6.45, 7) is 5.41. The van der Waals surface area contributed by atoms with Crippen LogP contribution in [0.3, 0.4) is 0 Å². The van der Waals surface area contributed by atoms with Crippen LogP contribution in [-0.2, 0) is 20.6 Å². The van der Waals surface area contributed by atoms with Crippen molar-refractivity contribution in [1.82, 2.24) is 4.72 Å². The van der Waals surface area contributed by atoms with E-state index in [-0.39, 0.29) is 0 Å². The van der Waals surface area contributed by atoms with Gasteiger partial charge in [-0.2, -0.15) is 0 Å². The van der Waals surface area contributed by atoms with Crippen molar-refractivity contribution in [3.05, 3.63) is 60.7 Å². The van der Waals surface area contributed by atoms with Crippen LogP contribution in [0.5, 0.6) is 0 Å². The van der Waals surface area contributed by atoms with Crippen molar-refractivity contribution in [2.24, 2.45) is 5.41 Å². The van der Waals surface area contributed by atoms with Gasteiger partial charge >= 0.3 is 6.09 Å². The molecule has 140 valence electrons. The lowest BCUT2D eigenvalue weighted by molar-refractivity contribution is 0.0841. The standard InChI is InChI=1S/C18H22NO5PS/c1-18(2,3)16(24-17(20)19-26(22)23)25(21,14-10-6-4-7-11-14)15-12-8-5-9-13-15/h4-13,16H,1-3H3,(H,19,20)(H,22,23). The van der Waals surface area contributed by atoms with E-state index in [1.165, 1.54) is 0 Å². The van der Waals surface area contributed by atoms with Gasteiger partial charge in [-0.25, -0.2) is 13.7 Å². The number of carbonyl (C=O) groups excluding carboxylic acids is 1. The van der Waals surface area contributed by atoms with Crippen molar-refractivity contribution in [2.45, 2.75) is 26.6 Å². The van der Waals surface area contributed by atoms with E-state index >= 15 is 0 Å². The monoisotopic (exact) mass is 395 g/mol. The molecule has 2 atom stereocenters. The Labute approximate surface area is 155 Å². The summed E-state index contributed by atoms with van der Waals surface area (Å²) in [4.78, 5) is 12.0. The molecule has 0 bridgehead atoms. The Morgan fingerprint density at radius 2 is 1.46 bits per heavy atom. The minimum absolute atomic E-state index is 0.545. The second-order valence-corrected chi connectivity index (χ2v) is 10.3. The average molecular weight is 395 g/mol. The number of rotatable bonds is 5. The van der Waals surface area contributed by atoms with Gasteiger partial charge in [0.25, 0.3) is 11.3 Å². The quantitative estimate of drug-likeness (QED) is 0.599. The predicted octanol–water partition coefficient (Wildman–Crippen LogP) is 3.24.